The fourth-order valence-corrected chi connectivity index (χ4v) is 3.78. The number of benzene rings is 1. The highest BCUT2D eigenvalue weighted by Gasteiger charge is 2.44. The lowest BCUT2D eigenvalue weighted by Crippen LogP contribution is -2.62. The van der Waals surface area contributed by atoms with Crippen LogP contribution in [0.3, 0.4) is 0 Å². The Balaban J connectivity index is 1.50. The second-order valence-corrected chi connectivity index (χ2v) is 7.05. The summed E-state index contributed by atoms with van der Waals surface area (Å²) in [6.07, 6.45) is 4.92. The van der Waals surface area contributed by atoms with Crippen LogP contribution in [0.2, 0.25) is 0 Å². The topological polar surface area (TPSA) is 67.7 Å². The number of ether oxygens (including phenoxy) is 1. The summed E-state index contributed by atoms with van der Waals surface area (Å²) in [5, 5.41) is 4.07. The average molecular weight is 372 g/mol. The molecule has 8 heteroatoms. The van der Waals surface area contributed by atoms with Crippen molar-refractivity contribution in [1.29, 1.82) is 0 Å². The van der Waals surface area contributed by atoms with Gasteiger partial charge in [0.25, 0.3) is 5.91 Å². The average Bonchev–Trinajstić information content (AvgIpc) is 3.17. The van der Waals surface area contributed by atoms with Crippen molar-refractivity contribution in [3.8, 4) is 0 Å². The number of nitrogens with zero attached hydrogens (tertiary/aromatic N) is 4. The normalized spacial score (nSPS) is 23.1. The van der Waals surface area contributed by atoms with Crippen molar-refractivity contribution < 1.29 is 18.7 Å². The molecule has 4 rings (SSSR count). The van der Waals surface area contributed by atoms with Gasteiger partial charge < -0.3 is 14.5 Å². The Hall–Kier alpha value is -2.74. The van der Waals surface area contributed by atoms with E-state index in [-0.39, 0.29) is 30.8 Å². The number of likely N-dealkylation sites (tertiary alicyclic amines) is 1. The summed E-state index contributed by atoms with van der Waals surface area (Å²) in [5.41, 5.74) is -0.110. The smallest absolute Gasteiger partial charge is 0.253 e. The molecule has 2 amide bonds. The van der Waals surface area contributed by atoms with E-state index in [0.717, 1.165) is 12.8 Å². The molecule has 2 fully saturated rings. The monoisotopic (exact) mass is 372 g/mol. The Bertz CT molecular complexity index is 841. The molecule has 0 N–H and O–H groups in total. The summed E-state index contributed by atoms with van der Waals surface area (Å²) in [7, 11) is 0. The largest absolute Gasteiger partial charge is 0.361 e. The van der Waals surface area contributed by atoms with Gasteiger partial charge in [-0.3, -0.25) is 14.3 Å². The molecular weight excluding hydrogens is 351 g/mol. The zero-order valence-corrected chi connectivity index (χ0v) is 14.9. The molecule has 7 nitrogen and oxygen atoms in total. The fraction of sp³-hybridized carbons (Fsp3) is 0.421. The molecule has 142 valence electrons. The van der Waals surface area contributed by atoms with E-state index in [9.17, 15) is 14.0 Å². The first kappa shape index (κ1) is 17.7. The van der Waals surface area contributed by atoms with Crippen LogP contribution in [0.15, 0.2) is 42.7 Å². The number of carbonyl (C=O) groups is 2. The first-order chi connectivity index (χ1) is 13.0. The summed E-state index contributed by atoms with van der Waals surface area (Å²) in [6.45, 7) is 1.47. The van der Waals surface area contributed by atoms with Crippen molar-refractivity contribution in [2.75, 3.05) is 31.1 Å². The van der Waals surface area contributed by atoms with E-state index in [1.54, 1.807) is 45.1 Å². The van der Waals surface area contributed by atoms with Crippen LogP contribution < -0.4 is 4.90 Å². The lowest BCUT2D eigenvalue weighted by Gasteiger charge is -2.47. The maximum absolute atomic E-state index is 13.6. The minimum absolute atomic E-state index is 0.0319. The van der Waals surface area contributed by atoms with Crippen molar-refractivity contribution in [3.63, 3.8) is 0 Å². The molecule has 2 aliphatic rings. The first-order valence-corrected chi connectivity index (χ1v) is 9.00. The fourth-order valence-electron chi connectivity index (χ4n) is 3.78. The van der Waals surface area contributed by atoms with Crippen molar-refractivity contribution in [1.82, 2.24) is 14.7 Å². The SMILES string of the molecule is O=C(Cn1cccn1)N1CCCC2(C1)CN(c1cccc(F)c1)C(=O)CO2. The third-order valence-electron chi connectivity index (χ3n) is 5.12. The molecule has 1 atom stereocenters. The highest BCUT2D eigenvalue weighted by atomic mass is 19.1. The van der Waals surface area contributed by atoms with Gasteiger partial charge in [-0.05, 0) is 37.1 Å². The van der Waals surface area contributed by atoms with Crippen LogP contribution in [0, 0.1) is 5.82 Å². The number of hydrogen-bond donors (Lipinski definition) is 0. The van der Waals surface area contributed by atoms with Crippen LogP contribution in [0.4, 0.5) is 10.1 Å². The molecule has 1 unspecified atom stereocenters. The molecule has 0 aliphatic carbocycles. The summed E-state index contributed by atoms with van der Waals surface area (Å²) in [6, 6.07) is 7.77. The minimum Gasteiger partial charge on any atom is -0.361 e. The molecule has 1 aromatic heterocycles. The Labute approximate surface area is 156 Å². The number of carbonyl (C=O) groups excluding carboxylic acids is 2. The number of hydrogen-bond acceptors (Lipinski definition) is 4. The second-order valence-electron chi connectivity index (χ2n) is 7.05. The molecule has 3 heterocycles. The highest BCUT2D eigenvalue weighted by molar-refractivity contribution is 5.95. The van der Waals surface area contributed by atoms with Crippen molar-refractivity contribution in [3.05, 3.63) is 48.5 Å². The van der Waals surface area contributed by atoms with E-state index in [4.69, 9.17) is 4.74 Å². The first-order valence-electron chi connectivity index (χ1n) is 9.00. The molecule has 1 spiro atoms. The number of rotatable bonds is 3. The quantitative estimate of drug-likeness (QED) is 0.818. The van der Waals surface area contributed by atoms with Crippen LogP contribution in [-0.4, -0.2) is 58.3 Å². The summed E-state index contributed by atoms with van der Waals surface area (Å²) in [4.78, 5) is 28.3. The number of morpholine rings is 1. The molecule has 0 bridgehead atoms. The van der Waals surface area contributed by atoms with Crippen molar-refractivity contribution >= 4 is 17.5 Å². The second kappa shape index (κ2) is 7.11. The Kier molecular flexibility index (Phi) is 4.65. The molecule has 27 heavy (non-hydrogen) atoms. The van der Waals surface area contributed by atoms with E-state index >= 15 is 0 Å². The summed E-state index contributed by atoms with van der Waals surface area (Å²) in [5.74, 6) is -0.623. The van der Waals surface area contributed by atoms with Gasteiger partial charge in [-0.1, -0.05) is 6.07 Å². The molecule has 2 aliphatic heterocycles. The zero-order valence-electron chi connectivity index (χ0n) is 14.9. The van der Waals surface area contributed by atoms with Gasteiger partial charge in [0.1, 0.15) is 24.6 Å². The van der Waals surface area contributed by atoms with Gasteiger partial charge >= 0.3 is 0 Å². The van der Waals surface area contributed by atoms with Crippen LogP contribution in [0.5, 0.6) is 0 Å². The molecule has 0 radical (unpaired) electrons. The Morgan fingerprint density at radius 3 is 2.96 bits per heavy atom. The predicted octanol–water partition coefficient (Wildman–Crippen LogP) is 1.45. The predicted molar refractivity (Wildman–Crippen MR) is 95.5 cm³/mol. The highest BCUT2D eigenvalue weighted by Crippen LogP contribution is 2.32. The number of piperidine rings is 1. The van der Waals surface area contributed by atoms with Crippen molar-refractivity contribution in [2.45, 2.75) is 25.0 Å². The van der Waals surface area contributed by atoms with E-state index in [0.29, 0.717) is 25.3 Å². The molecule has 2 saturated heterocycles. The standard InChI is InChI=1S/C19H21FN4O3/c20-15-4-1-5-16(10-15)24-14-19(27-12-18(24)26)6-2-8-22(13-19)17(25)11-23-9-3-7-21-23/h1,3-5,7,9-10H,2,6,8,11-14H2. The van der Waals surface area contributed by atoms with Gasteiger partial charge in [-0.2, -0.15) is 5.10 Å². The van der Waals surface area contributed by atoms with E-state index in [1.165, 1.54) is 12.1 Å². The molecule has 2 aromatic rings. The Morgan fingerprint density at radius 1 is 1.30 bits per heavy atom. The molecule has 1 aromatic carbocycles. The number of halogens is 1. The van der Waals surface area contributed by atoms with Crippen LogP contribution in [0.25, 0.3) is 0 Å². The third-order valence-corrected chi connectivity index (χ3v) is 5.12. The number of aromatic nitrogens is 2. The molecular formula is C19H21FN4O3. The minimum atomic E-state index is -0.627. The lowest BCUT2D eigenvalue weighted by atomic mass is 9.90. The maximum Gasteiger partial charge on any atom is 0.253 e. The number of amides is 2. The van der Waals surface area contributed by atoms with Crippen LogP contribution in [-0.2, 0) is 20.9 Å². The van der Waals surface area contributed by atoms with Crippen molar-refractivity contribution in [2.24, 2.45) is 0 Å². The van der Waals surface area contributed by atoms with Gasteiger partial charge in [0.15, 0.2) is 0 Å². The van der Waals surface area contributed by atoms with E-state index < -0.39 is 5.60 Å². The zero-order chi connectivity index (χ0) is 18.9. The van der Waals surface area contributed by atoms with Gasteiger partial charge in [-0.15, -0.1) is 0 Å². The summed E-state index contributed by atoms with van der Waals surface area (Å²) >= 11 is 0. The Morgan fingerprint density at radius 2 is 2.19 bits per heavy atom. The maximum atomic E-state index is 13.6. The van der Waals surface area contributed by atoms with E-state index in [2.05, 4.69) is 5.10 Å². The van der Waals surface area contributed by atoms with Gasteiger partial charge in [0, 0.05) is 24.6 Å². The van der Waals surface area contributed by atoms with E-state index in [1.807, 2.05) is 0 Å². The van der Waals surface area contributed by atoms with Gasteiger partial charge in [0.2, 0.25) is 5.91 Å². The van der Waals surface area contributed by atoms with Crippen LogP contribution >= 0.6 is 0 Å². The third kappa shape index (κ3) is 3.71. The summed E-state index contributed by atoms with van der Waals surface area (Å²) < 4.78 is 21.1. The molecule has 0 saturated carbocycles. The number of anilines is 1. The lowest BCUT2D eigenvalue weighted by molar-refractivity contribution is -0.153. The van der Waals surface area contributed by atoms with Gasteiger partial charge in [-0.25, -0.2) is 4.39 Å². The van der Waals surface area contributed by atoms with Crippen LogP contribution in [0.1, 0.15) is 12.8 Å². The van der Waals surface area contributed by atoms with Gasteiger partial charge in [0.05, 0.1) is 13.1 Å².